The SMILES string of the molecule is O=C(c1ccc2c(c1)CCN([C@@H]1CCN(C3CCC3)C1)C2=O)N1CCCC1. The molecule has 5 nitrogen and oxygen atoms in total. The zero-order valence-electron chi connectivity index (χ0n) is 16.0. The molecule has 144 valence electrons. The third-order valence-electron chi connectivity index (χ3n) is 7.09. The molecular weight excluding hydrogens is 338 g/mol. The molecule has 1 saturated carbocycles. The van der Waals surface area contributed by atoms with Crippen LogP contribution in [0.5, 0.6) is 0 Å². The average Bonchev–Trinajstić information content (AvgIpc) is 3.32. The maximum absolute atomic E-state index is 13.1. The van der Waals surface area contributed by atoms with Gasteiger partial charge in [-0.25, -0.2) is 0 Å². The number of fused-ring (bicyclic) bond motifs is 1. The van der Waals surface area contributed by atoms with Crippen LogP contribution in [0, 0.1) is 0 Å². The summed E-state index contributed by atoms with van der Waals surface area (Å²) in [6, 6.07) is 6.85. The summed E-state index contributed by atoms with van der Waals surface area (Å²) < 4.78 is 0. The fraction of sp³-hybridized carbons (Fsp3) is 0.636. The first-order valence-electron chi connectivity index (χ1n) is 10.7. The first-order valence-corrected chi connectivity index (χ1v) is 10.7. The van der Waals surface area contributed by atoms with Gasteiger partial charge in [-0.15, -0.1) is 0 Å². The summed E-state index contributed by atoms with van der Waals surface area (Å²) in [4.78, 5) is 32.4. The second kappa shape index (κ2) is 6.93. The molecule has 3 aliphatic heterocycles. The number of nitrogens with zero attached hydrogens (tertiary/aromatic N) is 3. The lowest BCUT2D eigenvalue weighted by Gasteiger charge is -2.37. The molecule has 2 saturated heterocycles. The summed E-state index contributed by atoms with van der Waals surface area (Å²) in [6.07, 6.45) is 8.19. The van der Waals surface area contributed by atoms with Crippen molar-refractivity contribution in [2.45, 2.75) is 57.0 Å². The Morgan fingerprint density at radius 2 is 1.74 bits per heavy atom. The van der Waals surface area contributed by atoms with E-state index in [-0.39, 0.29) is 11.8 Å². The van der Waals surface area contributed by atoms with Gasteiger partial charge in [0.1, 0.15) is 0 Å². The molecule has 1 aromatic rings. The molecule has 0 unspecified atom stereocenters. The Morgan fingerprint density at radius 3 is 2.48 bits per heavy atom. The molecule has 3 heterocycles. The minimum absolute atomic E-state index is 0.122. The Hall–Kier alpha value is -1.88. The Balaban J connectivity index is 1.30. The van der Waals surface area contributed by atoms with Gasteiger partial charge in [0.05, 0.1) is 0 Å². The molecule has 1 aliphatic carbocycles. The first-order chi connectivity index (χ1) is 13.2. The fourth-order valence-electron chi connectivity index (χ4n) is 5.20. The molecule has 0 N–H and O–H groups in total. The molecule has 1 atom stereocenters. The van der Waals surface area contributed by atoms with Crippen LogP contribution in [0.3, 0.4) is 0 Å². The van der Waals surface area contributed by atoms with Crippen LogP contribution in [-0.4, -0.2) is 71.3 Å². The second-order valence-corrected chi connectivity index (χ2v) is 8.64. The van der Waals surface area contributed by atoms with Gasteiger partial charge in [-0.3, -0.25) is 14.5 Å². The van der Waals surface area contributed by atoms with Crippen molar-refractivity contribution in [3.05, 3.63) is 34.9 Å². The summed E-state index contributed by atoms with van der Waals surface area (Å²) in [5, 5.41) is 0. The van der Waals surface area contributed by atoms with E-state index in [1.807, 2.05) is 23.1 Å². The van der Waals surface area contributed by atoms with Crippen molar-refractivity contribution in [1.29, 1.82) is 0 Å². The molecule has 0 bridgehead atoms. The number of likely N-dealkylation sites (tertiary alicyclic amines) is 2. The van der Waals surface area contributed by atoms with E-state index >= 15 is 0 Å². The van der Waals surface area contributed by atoms with Crippen molar-refractivity contribution in [3.63, 3.8) is 0 Å². The Bertz CT molecular complexity index is 752. The maximum Gasteiger partial charge on any atom is 0.254 e. The van der Waals surface area contributed by atoms with E-state index < -0.39 is 0 Å². The van der Waals surface area contributed by atoms with Gasteiger partial charge in [0.25, 0.3) is 11.8 Å². The summed E-state index contributed by atoms with van der Waals surface area (Å²) >= 11 is 0. The lowest BCUT2D eigenvalue weighted by molar-refractivity contribution is 0.0645. The molecule has 2 amide bonds. The highest BCUT2D eigenvalue weighted by Crippen LogP contribution is 2.31. The van der Waals surface area contributed by atoms with Crippen LogP contribution in [0.25, 0.3) is 0 Å². The van der Waals surface area contributed by atoms with Gasteiger partial charge in [0.2, 0.25) is 0 Å². The van der Waals surface area contributed by atoms with Crippen LogP contribution in [-0.2, 0) is 6.42 Å². The van der Waals surface area contributed by atoms with Crippen LogP contribution < -0.4 is 0 Å². The summed E-state index contributed by atoms with van der Waals surface area (Å²) in [5.74, 6) is 0.286. The highest BCUT2D eigenvalue weighted by Gasteiger charge is 2.37. The molecule has 5 heteroatoms. The third-order valence-corrected chi connectivity index (χ3v) is 7.09. The number of hydrogen-bond acceptors (Lipinski definition) is 3. The van der Waals surface area contributed by atoms with Gasteiger partial charge in [0, 0.05) is 55.9 Å². The molecule has 5 rings (SSSR count). The van der Waals surface area contributed by atoms with Crippen molar-refractivity contribution < 1.29 is 9.59 Å². The number of benzene rings is 1. The zero-order valence-corrected chi connectivity index (χ0v) is 16.0. The molecule has 1 aromatic carbocycles. The lowest BCUT2D eigenvalue weighted by Crippen LogP contribution is -2.47. The molecular formula is C22H29N3O2. The number of carbonyl (C=O) groups is 2. The monoisotopic (exact) mass is 367 g/mol. The minimum atomic E-state index is 0.122. The molecule has 0 radical (unpaired) electrons. The van der Waals surface area contributed by atoms with Crippen LogP contribution in [0.15, 0.2) is 18.2 Å². The maximum atomic E-state index is 13.1. The van der Waals surface area contributed by atoms with Crippen molar-refractivity contribution >= 4 is 11.8 Å². The second-order valence-electron chi connectivity index (χ2n) is 8.64. The summed E-state index contributed by atoms with van der Waals surface area (Å²) in [5.41, 5.74) is 2.60. The molecule has 27 heavy (non-hydrogen) atoms. The van der Waals surface area contributed by atoms with Gasteiger partial charge < -0.3 is 9.80 Å². The highest BCUT2D eigenvalue weighted by molar-refractivity contribution is 6.00. The molecule has 0 aromatic heterocycles. The number of hydrogen-bond donors (Lipinski definition) is 0. The average molecular weight is 367 g/mol. The van der Waals surface area contributed by atoms with Crippen LogP contribution >= 0.6 is 0 Å². The summed E-state index contributed by atoms with van der Waals surface area (Å²) in [7, 11) is 0. The standard InChI is InChI=1S/C22H29N3O2/c26-21(23-10-1-2-11-23)17-6-7-20-16(14-17)8-13-25(22(20)27)19-9-12-24(15-19)18-4-3-5-18/h6-7,14,18-19H,1-5,8-13,15H2/t19-/m1/s1. The molecule has 4 aliphatic rings. The van der Waals surface area contributed by atoms with Crippen LogP contribution in [0.4, 0.5) is 0 Å². The van der Waals surface area contributed by atoms with Crippen molar-refractivity contribution in [1.82, 2.24) is 14.7 Å². The van der Waals surface area contributed by atoms with E-state index in [0.29, 0.717) is 6.04 Å². The predicted molar refractivity (Wildman–Crippen MR) is 104 cm³/mol. The third kappa shape index (κ3) is 3.06. The van der Waals surface area contributed by atoms with Crippen molar-refractivity contribution in [2.75, 3.05) is 32.7 Å². The lowest BCUT2D eigenvalue weighted by atomic mass is 9.92. The number of rotatable bonds is 3. The van der Waals surface area contributed by atoms with Crippen LogP contribution in [0.2, 0.25) is 0 Å². The largest absolute Gasteiger partial charge is 0.339 e. The Kier molecular flexibility index (Phi) is 4.43. The number of carbonyl (C=O) groups excluding carboxylic acids is 2. The Labute approximate surface area is 161 Å². The zero-order chi connectivity index (χ0) is 18.4. The molecule has 3 fully saturated rings. The minimum Gasteiger partial charge on any atom is -0.339 e. The van der Waals surface area contributed by atoms with E-state index in [1.54, 1.807) is 0 Å². The normalized spacial score (nSPS) is 26.4. The van der Waals surface area contributed by atoms with Crippen molar-refractivity contribution in [3.8, 4) is 0 Å². The van der Waals surface area contributed by atoms with Crippen molar-refractivity contribution in [2.24, 2.45) is 0 Å². The van der Waals surface area contributed by atoms with E-state index in [2.05, 4.69) is 9.80 Å². The Morgan fingerprint density at radius 1 is 0.926 bits per heavy atom. The van der Waals surface area contributed by atoms with Gasteiger partial charge in [-0.05, 0) is 62.3 Å². The number of amides is 2. The summed E-state index contributed by atoms with van der Waals surface area (Å²) in [6.45, 7) is 4.69. The fourth-order valence-corrected chi connectivity index (χ4v) is 5.20. The van der Waals surface area contributed by atoms with Gasteiger partial charge in [-0.2, -0.15) is 0 Å². The van der Waals surface area contributed by atoms with Gasteiger partial charge >= 0.3 is 0 Å². The molecule has 0 spiro atoms. The smallest absolute Gasteiger partial charge is 0.254 e. The first kappa shape index (κ1) is 17.2. The van der Waals surface area contributed by atoms with Gasteiger partial charge in [-0.1, -0.05) is 6.42 Å². The van der Waals surface area contributed by atoms with E-state index in [1.165, 1.54) is 19.3 Å². The highest BCUT2D eigenvalue weighted by atomic mass is 16.2. The topological polar surface area (TPSA) is 43.9 Å². The van der Waals surface area contributed by atoms with E-state index in [0.717, 1.165) is 81.1 Å². The van der Waals surface area contributed by atoms with Gasteiger partial charge in [0.15, 0.2) is 0 Å². The van der Waals surface area contributed by atoms with E-state index in [9.17, 15) is 9.59 Å². The predicted octanol–water partition coefficient (Wildman–Crippen LogP) is 2.55. The quantitative estimate of drug-likeness (QED) is 0.825. The van der Waals surface area contributed by atoms with E-state index in [4.69, 9.17) is 0 Å². The van der Waals surface area contributed by atoms with Crippen LogP contribution in [0.1, 0.15) is 64.8 Å².